The third kappa shape index (κ3) is 6.01. The maximum absolute atomic E-state index is 2.33. The van der Waals surface area contributed by atoms with Crippen molar-refractivity contribution in [2.45, 2.75) is 64.8 Å². The Balaban J connectivity index is 1.70. The zero-order valence-electron chi connectivity index (χ0n) is 14.0. The third-order valence-electron chi connectivity index (χ3n) is 4.24. The number of aryl methyl sites for hydroxylation is 1. The Hall–Kier alpha value is -1.63. The summed E-state index contributed by atoms with van der Waals surface area (Å²) in [5.74, 6) is 0. The van der Waals surface area contributed by atoms with Gasteiger partial charge in [-0.15, -0.1) is 0 Å². The van der Waals surface area contributed by atoms with Gasteiger partial charge in [-0.25, -0.2) is 4.57 Å². The molecule has 2 rings (SSSR count). The average molecular weight is 296 g/mol. The summed E-state index contributed by atoms with van der Waals surface area (Å²) in [4.78, 5) is 0. The maximum Gasteiger partial charge on any atom is 0.176 e. The molecule has 0 radical (unpaired) electrons. The molecular formula is C21H30N+. The van der Waals surface area contributed by atoms with Gasteiger partial charge < -0.3 is 0 Å². The van der Waals surface area contributed by atoms with Crippen LogP contribution >= 0.6 is 0 Å². The van der Waals surface area contributed by atoms with Crippen LogP contribution in [0.1, 0.15) is 58.3 Å². The van der Waals surface area contributed by atoms with Crippen LogP contribution in [0.2, 0.25) is 0 Å². The Morgan fingerprint density at radius 3 is 2.05 bits per heavy atom. The molecule has 1 heterocycles. The standard InChI is InChI=1S/C21H30N/c1-2-3-4-5-6-7-8-12-17-22-18-13-16-21(19-22)20-14-10-9-11-15-20/h9-11,13-16,18-19H,2-8,12,17H2,1H3/q+1. The molecule has 0 aliphatic carbocycles. The van der Waals surface area contributed by atoms with Crippen molar-refractivity contribution < 1.29 is 4.57 Å². The van der Waals surface area contributed by atoms with E-state index in [2.05, 4.69) is 66.3 Å². The molecule has 0 aliphatic rings. The lowest BCUT2D eigenvalue weighted by Crippen LogP contribution is -2.32. The van der Waals surface area contributed by atoms with Crippen LogP contribution in [-0.4, -0.2) is 0 Å². The Bertz CT molecular complexity index is 518. The lowest BCUT2D eigenvalue weighted by molar-refractivity contribution is -0.696. The van der Waals surface area contributed by atoms with Crippen molar-refractivity contribution in [1.82, 2.24) is 0 Å². The summed E-state index contributed by atoms with van der Waals surface area (Å²) in [6, 6.07) is 15.0. The zero-order chi connectivity index (χ0) is 15.5. The smallest absolute Gasteiger partial charge is 0.176 e. The van der Waals surface area contributed by atoms with Crippen LogP contribution < -0.4 is 4.57 Å². The molecule has 1 nitrogen and oxygen atoms in total. The van der Waals surface area contributed by atoms with E-state index >= 15 is 0 Å². The van der Waals surface area contributed by atoms with Crippen molar-refractivity contribution in [1.29, 1.82) is 0 Å². The molecule has 0 aliphatic heterocycles. The SMILES string of the molecule is CCCCCCCCCC[n+]1cccc(-c2ccccc2)c1. The number of benzene rings is 1. The minimum absolute atomic E-state index is 1.13. The molecular weight excluding hydrogens is 266 g/mol. The van der Waals surface area contributed by atoms with Crippen molar-refractivity contribution >= 4 is 0 Å². The first-order valence-corrected chi connectivity index (χ1v) is 8.94. The maximum atomic E-state index is 2.33. The molecule has 1 aromatic heterocycles. The number of hydrogen-bond acceptors (Lipinski definition) is 0. The van der Waals surface area contributed by atoms with Gasteiger partial charge in [0.05, 0.1) is 0 Å². The number of rotatable bonds is 10. The highest BCUT2D eigenvalue weighted by molar-refractivity contribution is 5.61. The van der Waals surface area contributed by atoms with Gasteiger partial charge in [-0.05, 0) is 18.1 Å². The zero-order valence-corrected chi connectivity index (χ0v) is 14.0. The Labute approximate surface area is 136 Å². The van der Waals surface area contributed by atoms with Crippen LogP contribution in [0.15, 0.2) is 54.9 Å². The highest BCUT2D eigenvalue weighted by Gasteiger charge is 2.04. The van der Waals surface area contributed by atoms with E-state index in [1.807, 2.05) is 0 Å². The fourth-order valence-electron chi connectivity index (χ4n) is 2.89. The van der Waals surface area contributed by atoms with Crippen LogP contribution in [-0.2, 0) is 6.54 Å². The molecule has 22 heavy (non-hydrogen) atoms. The van der Waals surface area contributed by atoms with Crippen molar-refractivity contribution in [3.63, 3.8) is 0 Å². The molecule has 0 atom stereocenters. The van der Waals surface area contributed by atoms with Crippen LogP contribution in [0.25, 0.3) is 11.1 Å². The van der Waals surface area contributed by atoms with Gasteiger partial charge in [0.1, 0.15) is 6.54 Å². The summed E-state index contributed by atoms with van der Waals surface area (Å²) < 4.78 is 2.33. The first-order chi connectivity index (χ1) is 10.9. The number of pyridine rings is 1. The second kappa shape index (κ2) is 10.2. The summed E-state index contributed by atoms with van der Waals surface area (Å²) in [6.45, 7) is 3.41. The minimum Gasteiger partial charge on any atom is -0.205 e. The molecule has 0 saturated carbocycles. The van der Waals surface area contributed by atoms with Gasteiger partial charge in [0, 0.05) is 18.1 Å². The summed E-state index contributed by atoms with van der Waals surface area (Å²) in [5.41, 5.74) is 2.61. The van der Waals surface area contributed by atoms with Gasteiger partial charge in [-0.3, -0.25) is 0 Å². The fraction of sp³-hybridized carbons (Fsp3) is 0.476. The van der Waals surface area contributed by atoms with Crippen molar-refractivity contribution in [2.75, 3.05) is 0 Å². The lowest BCUT2D eigenvalue weighted by Gasteiger charge is -2.02. The van der Waals surface area contributed by atoms with Crippen LogP contribution in [0.4, 0.5) is 0 Å². The van der Waals surface area contributed by atoms with Crippen molar-refractivity contribution in [3.8, 4) is 11.1 Å². The Kier molecular flexibility index (Phi) is 7.73. The molecule has 118 valence electrons. The number of aromatic nitrogens is 1. The van der Waals surface area contributed by atoms with Gasteiger partial charge >= 0.3 is 0 Å². The van der Waals surface area contributed by atoms with Crippen LogP contribution in [0.3, 0.4) is 0 Å². The monoisotopic (exact) mass is 296 g/mol. The summed E-state index contributed by atoms with van der Waals surface area (Å²) in [6.07, 6.45) is 15.5. The lowest BCUT2D eigenvalue weighted by atomic mass is 10.1. The van der Waals surface area contributed by atoms with Crippen LogP contribution in [0, 0.1) is 0 Å². The van der Waals surface area contributed by atoms with Gasteiger partial charge in [0.2, 0.25) is 0 Å². The summed E-state index contributed by atoms with van der Waals surface area (Å²) in [5, 5.41) is 0. The minimum atomic E-state index is 1.13. The number of hydrogen-bond donors (Lipinski definition) is 0. The molecule has 0 spiro atoms. The predicted molar refractivity (Wildman–Crippen MR) is 94.7 cm³/mol. The largest absolute Gasteiger partial charge is 0.205 e. The normalized spacial score (nSPS) is 10.8. The van der Waals surface area contributed by atoms with E-state index in [1.54, 1.807) is 0 Å². The molecule has 0 bridgehead atoms. The second-order valence-electron chi connectivity index (χ2n) is 6.17. The van der Waals surface area contributed by atoms with E-state index in [0.717, 1.165) is 6.54 Å². The predicted octanol–water partition coefficient (Wildman–Crippen LogP) is 5.78. The Morgan fingerprint density at radius 1 is 0.682 bits per heavy atom. The average Bonchev–Trinajstić information content (AvgIpc) is 2.58. The van der Waals surface area contributed by atoms with Gasteiger partial charge in [-0.2, -0.15) is 0 Å². The molecule has 0 amide bonds. The third-order valence-corrected chi connectivity index (χ3v) is 4.24. The highest BCUT2D eigenvalue weighted by Crippen LogP contribution is 2.16. The first-order valence-electron chi connectivity index (χ1n) is 8.94. The van der Waals surface area contributed by atoms with E-state index < -0.39 is 0 Å². The van der Waals surface area contributed by atoms with Gasteiger partial charge in [0.15, 0.2) is 12.4 Å². The highest BCUT2D eigenvalue weighted by atomic mass is 14.9. The number of unbranched alkanes of at least 4 members (excludes halogenated alkanes) is 7. The Morgan fingerprint density at radius 2 is 1.32 bits per heavy atom. The van der Waals surface area contributed by atoms with E-state index in [4.69, 9.17) is 0 Å². The van der Waals surface area contributed by atoms with Gasteiger partial charge in [0.25, 0.3) is 0 Å². The summed E-state index contributed by atoms with van der Waals surface area (Å²) >= 11 is 0. The van der Waals surface area contributed by atoms with Crippen LogP contribution in [0.5, 0.6) is 0 Å². The second-order valence-corrected chi connectivity index (χ2v) is 6.17. The number of nitrogens with zero attached hydrogens (tertiary/aromatic N) is 1. The topological polar surface area (TPSA) is 3.88 Å². The van der Waals surface area contributed by atoms with E-state index in [1.165, 1.54) is 62.5 Å². The fourth-order valence-corrected chi connectivity index (χ4v) is 2.89. The summed E-state index contributed by atoms with van der Waals surface area (Å²) in [7, 11) is 0. The van der Waals surface area contributed by atoms with E-state index in [-0.39, 0.29) is 0 Å². The molecule has 0 fully saturated rings. The molecule has 0 N–H and O–H groups in total. The molecule has 0 unspecified atom stereocenters. The first kappa shape index (κ1) is 16.7. The van der Waals surface area contributed by atoms with Gasteiger partial charge in [-0.1, -0.05) is 75.8 Å². The molecule has 0 saturated heterocycles. The quantitative estimate of drug-likeness (QED) is 0.386. The molecule has 1 heteroatoms. The molecule has 2 aromatic rings. The van der Waals surface area contributed by atoms with E-state index in [0.29, 0.717) is 0 Å². The van der Waals surface area contributed by atoms with Crippen molar-refractivity contribution in [3.05, 3.63) is 54.9 Å². The van der Waals surface area contributed by atoms with E-state index in [9.17, 15) is 0 Å². The van der Waals surface area contributed by atoms with Crippen molar-refractivity contribution in [2.24, 2.45) is 0 Å². The molecule has 1 aromatic carbocycles.